The summed E-state index contributed by atoms with van der Waals surface area (Å²) >= 11 is 0. The number of fused-ring (bicyclic) bond motifs is 1. The molecular formula is C22H19F2N5O. The Morgan fingerprint density at radius 2 is 1.97 bits per heavy atom. The van der Waals surface area contributed by atoms with E-state index >= 15 is 0 Å². The highest BCUT2D eigenvalue weighted by atomic mass is 19.1. The average molecular weight is 407 g/mol. The van der Waals surface area contributed by atoms with Gasteiger partial charge in [0, 0.05) is 43.0 Å². The van der Waals surface area contributed by atoms with E-state index in [9.17, 15) is 13.6 Å². The fourth-order valence-corrected chi connectivity index (χ4v) is 3.13. The summed E-state index contributed by atoms with van der Waals surface area (Å²) in [4.78, 5) is 20.8. The van der Waals surface area contributed by atoms with Crippen molar-refractivity contribution in [3.8, 4) is 11.3 Å². The van der Waals surface area contributed by atoms with Crippen molar-refractivity contribution < 1.29 is 13.6 Å². The third-order valence-corrected chi connectivity index (χ3v) is 4.61. The number of anilines is 1. The highest BCUT2D eigenvalue weighted by Crippen LogP contribution is 2.28. The number of halogens is 2. The van der Waals surface area contributed by atoms with E-state index in [0.717, 1.165) is 0 Å². The molecule has 0 spiro atoms. The second kappa shape index (κ2) is 8.69. The van der Waals surface area contributed by atoms with Crippen LogP contribution in [0.5, 0.6) is 0 Å². The highest BCUT2D eigenvalue weighted by Gasteiger charge is 2.15. The molecule has 0 aliphatic heterocycles. The van der Waals surface area contributed by atoms with Crippen molar-refractivity contribution in [2.45, 2.75) is 13.0 Å². The Hall–Kier alpha value is -3.81. The Morgan fingerprint density at radius 3 is 2.80 bits per heavy atom. The number of rotatable bonds is 7. The molecule has 0 aliphatic carbocycles. The van der Waals surface area contributed by atoms with E-state index in [1.54, 1.807) is 53.3 Å². The quantitative estimate of drug-likeness (QED) is 0.489. The van der Waals surface area contributed by atoms with Crippen LogP contribution in [0.15, 0.2) is 67.1 Å². The number of nitrogens with zero attached hydrogens (tertiary/aromatic N) is 3. The molecule has 2 aromatic heterocycles. The number of carbonyl (C=O) groups is 1. The number of imidazole rings is 1. The molecule has 0 unspecified atom stereocenters. The molecular weight excluding hydrogens is 388 g/mol. The standard InChI is InChI=1S/C22H19F2N5O/c23-17-6-3-5-15(12-17)21-22(29-11-10-25-14-19(29)28-21)26-9-8-20(30)27-13-16-4-1-2-7-18(16)24/h1-7,10-12,14,26H,8-9,13H2,(H,27,30). The van der Waals surface area contributed by atoms with Crippen LogP contribution in [-0.4, -0.2) is 26.8 Å². The molecule has 0 saturated carbocycles. The number of hydrogen-bond donors (Lipinski definition) is 2. The van der Waals surface area contributed by atoms with Crippen LogP contribution in [0.2, 0.25) is 0 Å². The van der Waals surface area contributed by atoms with Gasteiger partial charge in [-0.25, -0.2) is 13.8 Å². The third-order valence-electron chi connectivity index (χ3n) is 4.61. The minimum absolute atomic E-state index is 0.126. The molecule has 30 heavy (non-hydrogen) atoms. The van der Waals surface area contributed by atoms with Crippen LogP contribution in [0, 0.1) is 11.6 Å². The van der Waals surface area contributed by atoms with E-state index in [-0.39, 0.29) is 30.5 Å². The summed E-state index contributed by atoms with van der Waals surface area (Å²) in [6, 6.07) is 12.5. The Bertz CT molecular complexity index is 1190. The van der Waals surface area contributed by atoms with E-state index in [2.05, 4.69) is 20.6 Å². The highest BCUT2D eigenvalue weighted by molar-refractivity contribution is 5.78. The Kier molecular flexibility index (Phi) is 5.65. The zero-order valence-corrected chi connectivity index (χ0v) is 16.0. The SMILES string of the molecule is O=C(CCNc1c(-c2cccc(F)c2)nc2cnccn12)NCc1ccccc1F. The molecule has 1 amide bonds. The molecule has 0 radical (unpaired) electrons. The topological polar surface area (TPSA) is 71.3 Å². The van der Waals surface area contributed by atoms with Crippen molar-refractivity contribution in [2.24, 2.45) is 0 Å². The van der Waals surface area contributed by atoms with E-state index in [4.69, 9.17) is 0 Å². The Labute approximate surface area is 171 Å². The first-order valence-electron chi connectivity index (χ1n) is 9.44. The van der Waals surface area contributed by atoms with Gasteiger partial charge in [-0.3, -0.25) is 14.2 Å². The van der Waals surface area contributed by atoms with Gasteiger partial charge in [-0.15, -0.1) is 0 Å². The summed E-state index contributed by atoms with van der Waals surface area (Å²) < 4.78 is 29.2. The predicted molar refractivity (Wildman–Crippen MR) is 110 cm³/mol. The normalized spacial score (nSPS) is 10.9. The summed E-state index contributed by atoms with van der Waals surface area (Å²) in [5, 5.41) is 5.92. The van der Waals surface area contributed by atoms with Gasteiger partial charge in [-0.05, 0) is 18.2 Å². The molecule has 6 nitrogen and oxygen atoms in total. The van der Waals surface area contributed by atoms with Crippen LogP contribution in [0.1, 0.15) is 12.0 Å². The molecule has 152 valence electrons. The molecule has 0 aliphatic rings. The second-order valence-electron chi connectivity index (χ2n) is 6.67. The second-order valence-corrected chi connectivity index (χ2v) is 6.67. The third kappa shape index (κ3) is 4.27. The smallest absolute Gasteiger partial charge is 0.222 e. The maximum Gasteiger partial charge on any atom is 0.222 e. The number of amides is 1. The zero-order valence-electron chi connectivity index (χ0n) is 16.0. The Balaban J connectivity index is 1.45. The summed E-state index contributed by atoms with van der Waals surface area (Å²) in [5.41, 5.74) is 2.21. The molecule has 2 aromatic carbocycles. The number of carbonyl (C=O) groups excluding carboxylic acids is 1. The van der Waals surface area contributed by atoms with Crippen LogP contribution in [0.3, 0.4) is 0 Å². The van der Waals surface area contributed by atoms with E-state index < -0.39 is 0 Å². The molecule has 4 rings (SSSR count). The van der Waals surface area contributed by atoms with E-state index in [1.165, 1.54) is 18.2 Å². The maximum atomic E-state index is 13.7. The van der Waals surface area contributed by atoms with Gasteiger partial charge in [0.05, 0.1) is 6.20 Å². The molecule has 8 heteroatoms. The van der Waals surface area contributed by atoms with Crippen molar-refractivity contribution in [3.63, 3.8) is 0 Å². The molecule has 4 aromatic rings. The number of aromatic nitrogens is 3. The predicted octanol–water partition coefficient (Wildman–Crippen LogP) is 3.79. The lowest BCUT2D eigenvalue weighted by Gasteiger charge is -2.10. The monoisotopic (exact) mass is 407 g/mol. The number of hydrogen-bond acceptors (Lipinski definition) is 4. The minimum atomic E-state index is -0.360. The van der Waals surface area contributed by atoms with Gasteiger partial charge in [-0.1, -0.05) is 30.3 Å². The first-order valence-corrected chi connectivity index (χ1v) is 9.44. The van der Waals surface area contributed by atoms with Gasteiger partial charge in [0.2, 0.25) is 5.91 Å². The van der Waals surface area contributed by atoms with Gasteiger partial charge in [-0.2, -0.15) is 0 Å². The lowest BCUT2D eigenvalue weighted by Crippen LogP contribution is -2.25. The van der Waals surface area contributed by atoms with Gasteiger partial charge in [0.25, 0.3) is 0 Å². The fraction of sp³-hybridized carbons (Fsp3) is 0.136. The first kappa shape index (κ1) is 19.5. The maximum absolute atomic E-state index is 13.7. The summed E-state index contributed by atoms with van der Waals surface area (Å²) in [7, 11) is 0. The van der Waals surface area contributed by atoms with E-state index in [0.29, 0.717) is 34.8 Å². The Morgan fingerprint density at radius 1 is 1.10 bits per heavy atom. The fourth-order valence-electron chi connectivity index (χ4n) is 3.13. The largest absolute Gasteiger partial charge is 0.369 e. The lowest BCUT2D eigenvalue weighted by molar-refractivity contribution is -0.121. The van der Waals surface area contributed by atoms with E-state index in [1.807, 2.05) is 0 Å². The van der Waals surface area contributed by atoms with Gasteiger partial charge >= 0.3 is 0 Å². The van der Waals surface area contributed by atoms with Crippen molar-refractivity contribution >= 4 is 17.4 Å². The zero-order chi connectivity index (χ0) is 20.9. The average Bonchev–Trinajstić information content (AvgIpc) is 3.12. The van der Waals surface area contributed by atoms with Gasteiger partial charge in [0.15, 0.2) is 5.65 Å². The van der Waals surface area contributed by atoms with Crippen molar-refractivity contribution in [2.75, 3.05) is 11.9 Å². The molecule has 0 bridgehead atoms. The van der Waals surface area contributed by atoms with Crippen LogP contribution < -0.4 is 10.6 Å². The first-order chi connectivity index (χ1) is 14.6. The van der Waals surface area contributed by atoms with Crippen molar-refractivity contribution in [1.82, 2.24) is 19.7 Å². The minimum Gasteiger partial charge on any atom is -0.369 e. The summed E-state index contributed by atoms with van der Waals surface area (Å²) in [6.07, 6.45) is 5.15. The molecule has 0 saturated heterocycles. The van der Waals surface area contributed by atoms with Gasteiger partial charge < -0.3 is 10.6 Å². The van der Waals surface area contributed by atoms with Crippen LogP contribution >= 0.6 is 0 Å². The lowest BCUT2D eigenvalue weighted by atomic mass is 10.1. The number of benzene rings is 2. The number of nitrogens with one attached hydrogen (secondary N) is 2. The van der Waals surface area contributed by atoms with Crippen LogP contribution in [-0.2, 0) is 11.3 Å². The summed E-state index contributed by atoms with van der Waals surface area (Å²) in [6.45, 7) is 0.447. The van der Waals surface area contributed by atoms with Gasteiger partial charge in [0.1, 0.15) is 23.1 Å². The molecule has 2 N–H and O–H groups in total. The molecule has 0 atom stereocenters. The molecule has 0 fully saturated rings. The van der Waals surface area contributed by atoms with Crippen molar-refractivity contribution in [3.05, 3.63) is 84.3 Å². The van der Waals surface area contributed by atoms with Crippen LogP contribution in [0.25, 0.3) is 16.9 Å². The van der Waals surface area contributed by atoms with Crippen LogP contribution in [0.4, 0.5) is 14.6 Å². The van der Waals surface area contributed by atoms with Crippen molar-refractivity contribution in [1.29, 1.82) is 0 Å². The molecule has 2 heterocycles. The summed E-state index contributed by atoms with van der Waals surface area (Å²) in [5.74, 6) is -0.287.